The van der Waals surface area contributed by atoms with E-state index in [1.165, 1.54) is 44.9 Å². The molecular formula is C28H50O3. The average Bonchev–Trinajstić information content (AvgIpc) is 3.09. The van der Waals surface area contributed by atoms with Gasteiger partial charge in [-0.2, -0.15) is 0 Å². The second-order valence-corrected chi connectivity index (χ2v) is 13.3. The third-order valence-corrected chi connectivity index (χ3v) is 11.8. The number of hydrogen-bond donors (Lipinski definition) is 3. The number of rotatable bonds is 5. The van der Waals surface area contributed by atoms with Crippen LogP contribution in [0.1, 0.15) is 99.3 Å². The van der Waals surface area contributed by atoms with Crippen molar-refractivity contribution >= 4 is 0 Å². The highest BCUT2D eigenvalue weighted by atomic mass is 16.3. The van der Waals surface area contributed by atoms with Gasteiger partial charge in [0.05, 0.1) is 18.3 Å². The molecule has 180 valence electrons. The smallest absolute Gasteiger partial charge is 0.0830 e. The number of fused-ring (bicyclic) bond motifs is 5. The van der Waals surface area contributed by atoms with Crippen LogP contribution in [0.4, 0.5) is 0 Å². The van der Waals surface area contributed by atoms with Crippen LogP contribution in [0.2, 0.25) is 0 Å². The molecule has 0 aliphatic heterocycles. The summed E-state index contributed by atoms with van der Waals surface area (Å²) in [5, 5.41) is 32.3. The SMILES string of the molecule is CC(C)[C@H](C)[C@@H](O)[C@H](O)[C@@H](C)C1CCC2C3CC[C@H]4C[C@@H](O)CC[C@]4(C)C3CC[C@@]21C. The maximum atomic E-state index is 11.1. The van der Waals surface area contributed by atoms with Gasteiger partial charge >= 0.3 is 0 Å². The molecule has 4 saturated carbocycles. The maximum absolute atomic E-state index is 11.1. The Kier molecular flexibility index (Phi) is 6.65. The summed E-state index contributed by atoms with van der Waals surface area (Å²) >= 11 is 0. The van der Waals surface area contributed by atoms with Crippen molar-refractivity contribution in [3.63, 3.8) is 0 Å². The van der Waals surface area contributed by atoms with Gasteiger partial charge in [0, 0.05) is 0 Å². The van der Waals surface area contributed by atoms with Crippen molar-refractivity contribution in [3.8, 4) is 0 Å². The molecule has 31 heavy (non-hydrogen) atoms. The van der Waals surface area contributed by atoms with Crippen LogP contribution < -0.4 is 0 Å². The second-order valence-electron chi connectivity index (χ2n) is 13.3. The van der Waals surface area contributed by atoms with E-state index in [4.69, 9.17) is 0 Å². The lowest BCUT2D eigenvalue weighted by molar-refractivity contribution is -0.136. The molecule has 0 heterocycles. The van der Waals surface area contributed by atoms with Crippen molar-refractivity contribution in [2.75, 3.05) is 0 Å². The summed E-state index contributed by atoms with van der Waals surface area (Å²) in [4.78, 5) is 0. The first kappa shape index (κ1) is 24.0. The van der Waals surface area contributed by atoms with Crippen molar-refractivity contribution in [3.05, 3.63) is 0 Å². The summed E-state index contributed by atoms with van der Waals surface area (Å²) < 4.78 is 0. The molecule has 4 fully saturated rings. The van der Waals surface area contributed by atoms with Crippen LogP contribution >= 0.6 is 0 Å². The molecule has 4 aliphatic carbocycles. The standard InChI is InChI=1S/C28H50O3/c1-16(2)17(3)25(30)26(31)18(4)22-9-10-23-21-8-7-19-15-20(29)11-13-27(19,5)24(21)12-14-28(22,23)6/h16-26,29-31H,7-15H2,1-6H3/t17-,18-,19-,20-,21?,22?,23?,24?,25+,26+,27-,28+/m0/s1. The molecule has 0 radical (unpaired) electrons. The highest BCUT2D eigenvalue weighted by Crippen LogP contribution is 2.68. The Hall–Kier alpha value is -0.120. The first-order valence-electron chi connectivity index (χ1n) is 13.5. The van der Waals surface area contributed by atoms with Gasteiger partial charge in [0.2, 0.25) is 0 Å². The van der Waals surface area contributed by atoms with E-state index in [-0.39, 0.29) is 17.9 Å². The van der Waals surface area contributed by atoms with Gasteiger partial charge in [-0.1, -0.05) is 41.5 Å². The van der Waals surface area contributed by atoms with Crippen LogP contribution in [0, 0.1) is 58.2 Å². The molecular weight excluding hydrogens is 384 g/mol. The molecule has 12 atom stereocenters. The molecule has 0 amide bonds. The van der Waals surface area contributed by atoms with E-state index >= 15 is 0 Å². The van der Waals surface area contributed by atoms with Gasteiger partial charge in [0.1, 0.15) is 0 Å². The van der Waals surface area contributed by atoms with Crippen molar-refractivity contribution in [2.45, 2.75) is 118 Å². The van der Waals surface area contributed by atoms with E-state index in [9.17, 15) is 15.3 Å². The van der Waals surface area contributed by atoms with Crippen LogP contribution in [0.5, 0.6) is 0 Å². The number of aliphatic hydroxyl groups is 3. The van der Waals surface area contributed by atoms with Crippen LogP contribution in [-0.2, 0) is 0 Å². The second kappa shape index (κ2) is 8.58. The summed E-state index contributed by atoms with van der Waals surface area (Å²) in [6.07, 6.45) is 9.68. The van der Waals surface area contributed by atoms with Gasteiger partial charge in [-0.25, -0.2) is 0 Å². The van der Waals surface area contributed by atoms with Gasteiger partial charge in [-0.3, -0.25) is 0 Å². The third kappa shape index (κ3) is 3.83. The average molecular weight is 435 g/mol. The third-order valence-electron chi connectivity index (χ3n) is 11.8. The van der Waals surface area contributed by atoms with Crippen molar-refractivity contribution in [1.82, 2.24) is 0 Å². The predicted molar refractivity (Wildman–Crippen MR) is 126 cm³/mol. The Labute approximate surface area is 191 Å². The summed E-state index contributed by atoms with van der Waals surface area (Å²) in [7, 11) is 0. The zero-order valence-corrected chi connectivity index (χ0v) is 21.1. The molecule has 0 saturated heterocycles. The molecule has 3 N–H and O–H groups in total. The normalized spacial score (nSPS) is 49.0. The zero-order valence-electron chi connectivity index (χ0n) is 21.1. The fourth-order valence-electron chi connectivity index (χ4n) is 9.39. The Bertz CT molecular complexity index is 634. The van der Waals surface area contributed by atoms with E-state index < -0.39 is 12.2 Å². The lowest BCUT2D eigenvalue weighted by atomic mass is 9.44. The van der Waals surface area contributed by atoms with E-state index in [0.717, 1.165) is 30.6 Å². The minimum atomic E-state index is -0.628. The largest absolute Gasteiger partial charge is 0.393 e. The quantitative estimate of drug-likeness (QED) is 0.523. The van der Waals surface area contributed by atoms with Gasteiger partial charge in [-0.15, -0.1) is 0 Å². The lowest BCUT2D eigenvalue weighted by Crippen LogP contribution is -2.54. The van der Waals surface area contributed by atoms with Crippen LogP contribution in [0.25, 0.3) is 0 Å². The molecule has 0 spiro atoms. The molecule has 4 aliphatic rings. The minimum Gasteiger partial charge on any atom is -0.393 e. The fraction of sp³-hybridized carbons (Fsp3) is 1.00. The van der Waals surface area contributed by atoms with Crippen LogP contribution in [-0.4, -0.2) is 33.6 Å². The highest BCUT2D eigenvalue weighted by Gasteiger charge is 2.61. The zero-order chi connectivity index (χ0) is 22.7. The Morgan fingerprint density at radius 2 is 1.39 bits per heavy atom. The van der Waals surface area contributed by atoms with Gasteiger partial charge in [0.15, 0.2) is 0 Å². The molecule has 4 rings (SSSR count). The maximum Gasteiger partial charge on any atom is 0.0830 e. The van der Waals surface area contributed by atoms with Crippen LogP contribution in [0.15, 0.2) is 0 Å². The first-order valence-corrected chi connectivity index (χ1v) is 13.5. The Balaban J connectivity index is 1.51. The van der Waals surface area contributed by atoms with Crippen molar-refractivity contribution < 1.29 is 15.3 Å². The monoisotopic (exact) mass is 434 g/mol. The van der Waals surface area contributed by atoms with Crippen molar-refractivity contribution in [2.24, 2.45) is 58.2 Å². The molecule has 0 aromatic rings. The van der Waals surface area contributed by atoms with Crippen molar-refractivity contribution in [1.29, 1.82) is 0 Å². The van der Waals surface area contributed by atoms with E-state index in [1.54, 1.807) is 0 Å². The lowest BCUT2D eigenvalue weighted by Gasteiger charge is -2.61. The van der Waals surface area contributed by atoms with Gasteiger partial charge in [0.25, 0.3) is 0 Å². The first-order chi connectivity index (χ1) is 14.5. The van der Waals surface area contributed by atoms with E-state index in [1.807, 2.05) is 0 Å². The fourth-order valence-corrected chi connectivity index (χ4v) is 9.39. The summed E-state index contributed by atoms with van der Waals surface area (Å²) in [5.41, 5.74) is 0.731. The Morgan fingerprint density at radius 3 is 2.06 bits per heavy atom. The summed E-state index contributed by atoms with van der Waals surface area (Å²) in [6, 6.07) is 0. The molecule has 0 bridgehead atoms. The highest BCUT2D eigenvalue weighted by molar-refractivity contribution is 5.10. The number of hydrogen-bond acceptors (Lipinski definition) is 3. The molecule has 4 unspecified atom stereocenters. The van der Waals surface area contributed by atoms with Crippen LogP contribution in [0.3, 0.4) is 0 Å². The summed E-state index contributed by atoms with van der Waals surface area (Å²) in [5.74, 6) is 4.30. The number of aliphatic hydroxyl groups excluding tert-OH is 3. The molecule has 3 heteroatoms. The molecule has 3 nitrogen and oxygen atoms in total. The topological polar surface area (TPSA) is 60.7 Å². The Morgan fingerprint density at radius 1 is 0.742 bits per heavy atom. The van der Waals surface area contributed by atoms with E-state index in [2.05, 4.69) is 41.5 Å². The summed E-state index contributed by atoms with van der Waals surface area (Å²) in [6.45, 7) is 13.7. The molecule has 0 aromatic heterocycles. The predicted octanol–water partition coefficient (Wildman–Crippen LogP) is 5.66. The van der Waals surface area contributed by atoms with Gasteiger partial charge < -0.3 is 15.3 Å². The van der Waals surface area contributed by atoms with E-state index in [0.29, 0.717) is 28.6 Å². The minimum absolute atomic E-state index is 0.0682. The van der Waals surface area contributed by atoms with Gasteiger partial charge in [-0.05, 0) is 116 Å². The molecule has 0 aromatic carbocycles.